The summed E-state index contributed by atoms with van der Waals surface area (Å²) < 4.78 is 0. The summed E-state index contributed by atoms with van der Waals surface area (Å²) in [5.74, 6) is 0. The van der Waals surface area contributed by atoms with Crippen molar-refractivity contribution in [2.24, 2.45) is 0 Å². The summed E-state index contributed by atoms with van der Waals surface area (Å²) in [5.41, 5.74) is 0. The number of piperazine rings is 1. The second-order valence-corrected chi connectivity index (χ2v) is 4.89. The molecule has 88 valence electrons. The molecule has 1 saturated heterocycles. The van der Waals surface area contributed by atoms with E-state index in [1.165, 1.54) is 38.9 Å². The smallest absolute Gasteiger partial charge is 0.0695 e. The molecule has 1 saturated carbocycles. The Kier molecular flexibility index (Phi) is 4.00. The van der Waals surface area contributed by atoms with E-state index in [0.717, 1.165) is 19.5 Å². The van der Waals surface area contributed by atoms with E-state index < -0.39 is 0 Å². The zero-order chi connectivity index (χ0) is 10.7. The van der Waals surface area contributed by atoms with Crippen molar-refractivity contribution in [1.29, 1.82) is 0 Å². The highest BCUT2D eigenvalue weighted by Gasteiger charge is 2.30. The summed E-state index contributed by atoms with van der Waals surface area (Å²) in [6, 6.07) is 0.456. The number of hydrogen-bond donors (Lipinski definition) is 1. The maximum absolute atomic E-state index is 9.99. The van der Waals surface area contributed by atoms with Crippen molar-refractivity contribution in [2.75, 3.05) is 32.7 Å². The van der Waals surface area contributed by atoms with E-state index in [-0.39, 0.29) is 6.10 Å². The molecule has 1 heterocycles. The molecule has 1 aliphatic heterocycles. The average molecular weight is 212 g/mol. The Morgan fingerprint density at radius 3 is 2.33 bits per heavy atom. The predicted molar refractivity (Wildman–Crippen MR) is 61.9 cm³/mol. The topological polar surface area (TPSA) is 26.7 Å². The Balaban J connectivity index is 1.83. The van der Waals surface area contributed by atoms with Crippen LogP contribution in [-0.4, -0.2) is 59.8 Å². The molecule has 3 nitrogen and oxygen atoms in total. The monoisotopic (exact) mass is 212 g/mol. The number of aliphatic hydroxyl groups is 1. The molecule has 2 fully saturated rings. The molecule has 0 spiro atoms. The molecule has 3 heteroatoms. The normalized spacial score (nSPS) is 35.6. The van der Waals surface area contributed by atoms with Crippen LogP contribution in [0.15, 0.2) is 0 Å². The highest BCUT2D eigenvalue weighted by atomic mass is 16.3. The van der Waals surface area contributed by atoms with Crippen molar-refractivity contribution in [3.05, 3.63) is 0 Å². The molecule has 0 amide bonds. The number of rotatable bonds is 2. The largest absolute Gasteiger partial charge is 0.391 e. The van der Waals surface area contributed by atoms with Crippen molar-refractivity contribution in [1.82, 2.24) is 9.80 Å². The quantitative estimate of drug-likeness (QED) is 0.737. The van der Waals surface area contributed by atoms with Crippen LogP contribution in [0.1, 0.15) is 32.6 Å². The Morgan fingerprint density at radius 2 is 1.73 bits per heavy atom. The summed E-state index contributed by atoms with van der Waals surface area (Å²) in [6.45, 7) is 8.05. The van der Waals surface area contributed by atoms with Crippen molar-refractivity contribution in [3.8, 4) is 0 Å². The van der Waals surface area contributed by atoms with Crippen molar-refractivity contribution in [2.45, 2.75) is 44.8 Å². The molecule has 15 heavy (non-hydrogen) atoms. The second kappa shape index (κ2) is 5.28. The van der Waals surface area contributed by atoms with E-state index in [1.807, 2.05) is 0 Å². The molecule has 0 unspecified atom stereocenters. The van der Waals surface area contributed by atoms with E-state index in [0.29, 0.717) is 6.04 Å². The third kappa shape index (κ3) is 2.71. The van der Waals surface area contributed by atoms with Crippen molar-refractivity contribution in [3.63, 3.8) is 0 Å². The fourth-order valence-electron chi connectivity index (χ4n) is 2.93. The van der Waals surface area contributed by atoms with Gasteiger partial charge >= 0.3 is 0 Å². The van der Waals surface area contributed by atoms with Gasteiger partial charge in [0.05, 0.1) is 6.10 Å². The summed E-state index contributed by atoms with van der Waals surface area (Å²) in [7, 11) is 0. The van der Waals surface area contributed by atoms with E-state index in [2.05, 4.69) is 16.7 Å². The summed E-state index contributed by atoms with van der Waals surface area (Å²) in [6.07, 6.45) is 4.67. The van der Waals surface area contributed by atoms with Crippen LogP contribution in [0, 0.1) is 0 Å². The lowest BCUT2D eigenvalue weighted by Crippen LogP contribution is -2.54. The molecular weight excluding hydrogens is 188 g/mol. The molecular formula is C12H24N2O. The zero-order valence-electron chi connectivity index (χ0n) is 9.86. The second-order valence-electron chi connectivity index (χ2n) is 4.89. The molecule has 0 radical (unpaired) electrons. The Hall–Kier alpha value is -0.120. The van der Waals surface area contributed by atoms with E-state index in [1.54, 1.807) is 0 Å². The Labute approximate surface area is 93.1 Å². The first-order valence-corrected chi connectivity index (χ1v) is 6.45. The van der Waals surface area contributed by atoms with Gasteiger partial charge < -0.3 is 10.0 Å². The fraction of sp³-hybridized carbons (Fsp3) is 1.00. The maximum atomic E-state index is 9.99. The van der Waals surface area contributed by atoms with Crippen LogP contribution in [0.5, 0.6) is 0 Å². The van der Waals surface area contributed by atoms with Gasteiger partial charge in [0.15, 0.2) is 0 Å². The minimum atomic E-state index is -0.0630. The number of aliphatic hydroxyl groups excluding tert-OH is 1. The van der Waals surface area contributed by atoms with Crippen molar-refractivity contribution >= 4 is 0 Å². The van der Waals surface area contributed by atoms with Crippen LogP contribution in [-0.2, 0) is 0 Å². The molecule has 0 aromatic carbocycles. The lowest BCUT2D eigenvalue weighted by molar-refractivity contribution is -0.00269. The molecule has 2 aliphatic rings. The first kappa shape index (κ1) is 11.4. The zero-order valence-corrected chi connectivity index (χ0v) is 9.86. The number of likely N-dealkylation sites (N-methyl/N-ethyl adjacent to an activating group) is 1. The molecule has 2 rings (SSSR count). The van der Waals surface area contributed by atoms with Crippen molar-refractivity contribution < 1.29 is 5.11 Å². The summed E-state index contributed by atoms with van der Waals surface area (Å²) >= 11 is 0. The van der Waals surface area contributed by atoms with Crippen LogP contribution < -0.4 is 0 Å². The van der Waals surface area contributed by atoms with Gasteiger partial charge in [-0.2, -0.15) is 0 Å². The first-order chi connectivity index (χ1) is 7.31. The lowest BCUT2D eigenvalue weighted by atomic mass is 9.91. The molecule has 1 aliphatic carbocycles. The van der Waals surface area contributed by atoms with Gasteiger partial charge in [-0.3, -0.25) is 4.90 Å². The average Bonchev–Trinajstić information content (AvgIpc) is 2.30. The standard InChI is InChI=1S/C12H24N2O/c1-2-13-7-9-14(10-8-13)11-5-3-4-6-12(11)15/h11-12,15H,2-10H2,1H3/t11-,12-/m1/s1. The lowest BCUT2D eigenvalue weighted by Gasteiger charge is -2.42. The third-order valence-corrected chi connectivity index (χ3v) is 4.02. The number of hydrogen-bond acceptors (Lipinski definition) is 3. The minimum Gasteiger partial charge on any atom is -0.391 e. The SMILES string of the molecule is CCN1CCN([C@@H]2CCCC[C@H]2O)CC1. The van der Waals surface area contributed by atoms with Gasteiger partial charge in [-0.15, -0.1) is 0 Å². The summed E-state index contributed by atoms with van der Waals surface area (Å²) in [4.78, 5) is 5.00. The van der Waals surface area contributed by atoms with Gasteiger partial charge in [-0.25, -0.2) is 0 Å². The van der Waals surface area contributed by atoms with E-state index >= 15 is 0 Å². The fourth-order valence-corrected chi connectivity index (χ4v) is 2.93. The maximum Gasteiger partial charge on any atom is 0.0695 e. The molecule has 1 N–H and O–H groups in total. The van der Waals surface area contributed by atoms with Crippen LogP contribution in [0.25, 0.3) is 0 Å². The van der Waals surface area contributed by atoms with Crippen LogP contribution in [0.2, 0.25) is 0 Å². The van der Waals surface area contributed by atoms with Crippen LogP contribution >= 0.6 is 0 Å². The van der Waals surface area contributed by atoms with Gasteiger partial charge in [-0.1, -0.05) is 19.8 Å². The van der Waals surface area contributed by atoms with E-state index in [9.17, 15) is 5.11 Å². The van der Waals surface area contributed by atoms with E-state index in [4.69, 9.17) is 0 Å². The van der Waals surface area contributed by atoms with Gasteiger partial charge in [0.25, 0.3) is 0 Å². The Bertz CT molecular complexity index is 190. The summed E-state index contributed by atoms with van der Waals surface area (Å²) in [5, 5.41) is 9.99. The van der Waals surface area contributed by atoms with Crippen LogP contribution in [0.3, 0.4) is 0 Å². The highest BCUT2D eigenvalue weighted by molar-refractivity contribution is 4.85. The molecule has 0 aromatic rings. The first-order valence-electron chi connectivity index (χ1n) is 6.45. The molecule has 0 bridgehead atoms. The molecule has 0 aromatic heterocycles. The molecule has 2 atom stereocenters. The van der Waals surface area contributed by atoms with Gasteiger partial charge in [0.1, 0.15) is 0 Å². The van der Waals surface area contributed by atoms with Gasteiger partial charge in [0, 0.05) is 32.2 Å². The third-order valence-electron chi connectivity index (χ3n) is 4.02. The number of nitrogens with zero attached hydrogens (tertiary/aromatic N) is 2. The van der Waals surface area contributed by atoms with Gasteiger partial charge in [-0.05, 0) is 19.4 Å². The predicted octanol–water partition coefficient (Wildman–Crippen LogP) is 0.927. The minimum absolute atomic E-state index is 0.0630. The van der Waals surface area contributed by atoms with Gasteiger partial charge in [0.2, 0.25) is 0 Å². The highest BCUT2D eigenvalue weighted by Crippen LogP contribution is 2.23. The van der Waals surface area contributed by atoms with Crippen LogP contribution in [0.4, 0.5) is 0 Å². The Morgan fingerprint density at radius 1 is 1.07 bits per heavy atom.